The molecule has 4 rings (SSSR count). The van der Waals surface area contributed by atoms with Crippen LogP contribution in [0.25, 0.3) is 0 Å². The first-order chi connectivity index (χ1) is 13.5. The largest absolute Gasteiger partial charge is 0.418 e. The highest BCUT2D eigenvalue weighted by atomic mass is 35.5. The van der Waals surface area contributed by atoms with Gasteiger partial charge in [0.1, 0.15) is 0 Å². The first kappa shape index (κ1) is 18.8. The molecule has 1 aromatic carbocycles. The van der Waals surface area contributed by atoms with Crippen molar-refractivity contribution in [1.29, 1.82) is 0 Å². The van der Waals surface area contributed by atoms with Crippen LogP contribution in [0.15, 0.2) is 41.2 Å². The van der Waals surface area contributed by atoms with E-state index in [2.05, 4.69) is 9.89 Å². The van der Waals surface area contributed by atoms with Gasteiger partial charge in [-0.15, -0.1) is 4.99 Å². The van der Waals surface area contributed by atoms with E-state index in [0.717, 1.165) is 18.7 Å². The molecule has 8 nitrogen and oxygen atoms in total. The predicted molar refractivity (Wildman–Crippen MR) is 105 cm³/mol. The van der Waals surface area contributed by atoms with Gasteiger partial charge < -0.3 is 19.4 Å². The molecule has 0 N–H and O–H groups in total. The number of carbonyl (C=O) groups excluding carboxylic acids is 2. The Kier molecular flexibility index (Phi) is 5.23. The highest BCUT2D eigenvalue weighted by Crippen LogP contribution is 2.21. The standard InChI is InChI=1S/C19H22ClN5O3/c1-22-5-7-23(8-6-22)17(26)16-13-25-10-9-24(18(27)21-19(25)28-16)12-14-3-2-4-15(20)11-14/h2-4,11,13H,5-10,12H2,1H3. The van der Waals surface area contributed by atoms with E-state index in [1.807, 2.05) is 25.2 Å². The zero-order chi connectivity index (χ0) is 19.7. The summed E-state index contributed by atoms with van der Waals surface area (Å²) in [6.07, 6.45) is 1.65. The van der Waals surface area contributed by atoms with Crippen LogP contribution in [0.5, 0.6) is 0 Å². The number of ether oxygens (including phenoxy) is 1. The summed E-state index contributed by atoms with van der Waals surface area (Å²) in [5.41, 5.74) is 0.936. The Morgan fingerprint density at radius 3 is 2.71 bits per heavy atom. The number of likely N-dealkylation sites (N-methyl/N-ethyl adjacent to an activating group) is 1. The summed E-state index contributed by atoms with van der Waals surface area (Å²) in [6, 6.07) is 7.17. The molecule has 3 amide bonds. The quantitative estimate of drug-likeness (QED) is 0.766. The Morgan fingerprint density at radius 1 is 1.18 bits per heavy atom. The van der Waals surface area contributed by atoms with E-state index < -0.39 is 0 Å². The highest BCUT2D eigenvalue weighted by Gasteiger charge is 2.34. The number of rotatable bonds is 3. The van der Waals surface area contributed by atoms with Gasteiger partial charge in [-0.1, -0.05) is 23.7 Å². The number of halogens is 1. The number of aliphatic imine (C=N–C) groups is 1. The van der Waals surface area contributed by atoms with Crippen LogP contribution in [-0.4, -0.2) is 83.9 Å². The van der Waals surface area contributed by atoms with Gasteiger partial charge in [-0.05, 0) is 24.7 Å². The van der Waals surface area contributed by atoms with Crippen molar-refractivity contribution in [1.82, 2.24) is 19.6 Å². The van der Waals surface area contributed by atoms with E-state index >= 15 is 0 Å². The smallest absolute Gasteiger partial charge is 0.348 e. The van der Waals surface area contributed by atoms with Crippen LogP contribution < -0.4 is 0 Å². The SMILES string of the molecule is CN1CCN(C(=O)C2=CN3CCN(Cc4cccc(Cl)c4)C(=O)N=C3O2)CC1. The predicted octanol–water partition coefficient (Wildman–Crippen LogP) is 1.58. The lowest BCUT2D eigenvalue weighted by Gasteiger charge is -2.32. The zero-order valence-electron chi connectivity index (χ0n) is 15.7. The molecular weight excluding hydrogens is 382 g/mol. The van der Waals surface area contributed by atoms with Gasteiger partial charge in [0.05, 0.1) is 6.20 Å². The number of carbonyl (C=O) groups is 2. The molecule has 9 heteroatoms. The molecule has 0 radical (unpaired) electrons. The second-order valence-corrected chi connectivity index (χ2v) is 7.55. The minimum atomic E-state index is -0.390. The van der Waals surface area contributed by atoms with Crippen LogP contribution in [-0.2, 0) is 16.1 Å². The summed E-state index contributed by atoms with van der Waals surface area (Å²) in [5.74, 6) is 0.0616. The zero-order valence-corrected chi connectivity index (χ0v) is 16.4. The number of urea groups is 1. The van der Waals surface area contributed by atoms with Crippen LogP contribution in [0.4, 0.5) is 4.79 Å². The average molecular weight is 404 g/mol. The fourth-order valence-corrected chi connectivity index (χ4v) is 3.58. The van der Waals surface area contributed by atoms with Gasteiger partial charge in [0.25, 0.3) is 5.91 Å². The fraction of sp³-hybridized carbons (Fsp3) is 0.421. The molecular formula is C19H22ClN5O3. The van der Waals surface area contributed by atoms with Crippen molar-refractivity contribution in [2.24, 2.45) is 4.99 Å². The molecule has 0 unspecified atom stereocenters. The first-order valence-electron chi connectivity index (χ1n) is 9.26. The van der Waals surface area contributed by atoms with E-state index in [9.17, 15) is 9.59 Å². The lowest BCUT2D eigenvalue weighted by Crippen LogP contribution is -2.47. The summed E-state index contributed by atoms with van der Waals surface area (Å²) in [5, 5.41) is 0.630. The fourth-order valence-electron chi connectivity index (χ4n) is 3.37. The molecule has 1 saturated heterocycles. The van der Waals surface area contributed by atoms with Gasteiger partial charge >= 0.3 is 12.1 Å². The van der Waals surface area contributed by atoms with Crippen molar-refractivity contribution in [3.05, 3.63) is 46.8 Å². The maximum atomic E-state index is 12.7. The van der Waals surface area contributed by atoms with Crippen LogP contribution >= 0.6 is 11.6 Å². The molecule has 3 heterocycles. The third kappa shape index (κ3) is 3.98. The highest BCUT2D eigenvalue weighted by molar-refractivity contribution is 6.30. The number of hydrogen-bond acceptors (Lipinski definition) is 5. The third-order valence-electron chi connectivity index (χ3n) is 5.06. The van der Waals surface area contributed by atoms with Gasteiger partial charge in [-0.3, -0.25) is 9.69 Å². The maximum absolute atomic E-state index is 12.7. The van der Waals surface area contributed by atoms with Crippen LogP contribution in [0, 0.1) is 0 Å². The molecule has 3 aliphatic rings. The second kappa shape index (κ2) is 7.81. The number of hydrogen-bond donors (Lipinski definition) is 0. The number of piperazine rings is 1. The molecule has 0 saturated carbocycles. The Hall–Kier alpha value is -2.58. The van der Waals surface area contributed by atoms with Crippen molar-refractivity contribution < 1.29 is 14.3 Å². The normalized spacial score (nSPS) is 20.4. The molecule has 1 fully saturated rings. The molecule has 0 aliphatic carbocycles. The monoisotopic (exact) mass is 403 g/mol. The van der Waals surface area contributed by atoms with Gasteiger partial charge in [-0.25, -0.2) is 4.79 Å². The van der Waals surface area contributed by atoms with Crippen LogP contribution in [0.2, 0.25) is 5.02 Å². The molecule has 0 aromatic heterocycles. The van der Waals surface area contributed by atoms with E-state index in [4.69, 9.17) is 16.3 Å². The molecule has 0 bridgehead atoms. The molecule has 3 aliphatic heterocycles. The Balaban J connectivity index is 1.41. The van der Waals surface area contributed by atoms with E-state index in [-0.39, 0.29) is 23.7 Å². The van der Waals surface area contributed by atoms with Crippen LogP contribution in [0.1, 0.15) is 5.56 Å². The number of amidine groups is 1. The van der Waals surface area contributed by atoms with Crippen molar-refractivity contribution in [3.63, 3.8) is 0 Å². The summed E-state index contributed by atoms with van der Waals surface area (Å²) in [7, 11) is 2.03. The summed E-state index contributed by atoms with van der Waals surface area (Å²) < 4.78 is 5.64. The maximum Gasteiger partial charge on any atom is 0.348 e. The van der Waals surface area contributed by atoms with E-state index in [1.165, 1.54) is 0 Å². The van der Waals surface area contributed by atoms with E-state index in [0.29, 0.717) is 37.7 Å². The molecule has 28 heavy (non-hydrogen) atoms. The summed E-state index contributed by atoms with van der Waals surface area (Å²) in [4.78, 5) is 36.6. The Morgan fingerprint density at radius 2 is 1.96 bits per heavy atom. The van der Waals surface area contributed by atoms with Crippen molar-refractivity contribution in [2.45, 2.75) is 6.54 Å². The Bertz CT molecular complexity index is 848. The first-order valence-corrected chi connectivity index (χ1v) is 9.63. The van der Waals surface area contributed by atoms with Gasteiger partial charge in [0.2, 0.25) is 5.76 Å². The Labute approximate surface area is 168 Å². The van der Waals surface area contributed by atoms with Crippen molar-refractivity contribution in [3.8, 4) is 0 Å². The van der Waals surface area contributed by atoms with Crippen molar-refractivity contribution in [2.75, 3.05) is 46.3 Å². The topological polar surface area (TPSA) is 68.7 Å². The van der Waals surface area contributed by atoms with E-state index in [1.54, 1.807) is 27.0 Å². The molecule has 0 spiro atoms. The minimum absolute atomic E-state index is 0.160. The van der Waals surface area contributed by atoms with Gasteiger partial charge in [0, 0.05) is 50.8 Å². The number of nitrogens with zero attached hydrogens (tertiary/aromatic N) is 5. The van der Waals surface area contributed by atoms with Crippen LogP contribution in [0.3, 0.4) is 0 Å². The summed E-state index contributed by atoms with van der Waals surface area (Å²) in [6.45, 7) is 4.38. The molecule has 1 aromatic rings. The lowest BCUT2D eigenvalue weighted by atomic mass is 10.2. The minimum Gasteiger partial charge on any atom is -0.418 e. The third-order valence-corrected chi connectivity index (χ3v) is 5.29. The van der Waals surface area contributed by atoms with Gasteiger partial charge in [0.15, 0.2) is 0 Å². The number of fused-ring (bicyclic) bond motifs is 1. The van der Waals surface area contributed by atoms with Crippen molar-refractivity contribution >= 4 is 29.6 Å². The van der Waals surface area contributed by atoms with Gasteiger partial charge in [-0.2, -0.15) is 0 Å². The lowest BCUT2D eigenvalue weighted by molar-refractivity contribution is -0.131. The number of amides is 3. The molecule has 0 atom stereocenters. The second-order valence-electron chi connectivity index (χ2n) is 7.11. The summed E-state index contributed by atoms with van der Waals surface area (Å²) >= 11 is 6.02. The number of benzene rings is 1. The molecule has 148 valence electrons. The average Bonchev–Trinajstić information content (AvgIpc) is 3.01.